The second-order valence-electron chi connectivity index (χ2n) is 5.11. The molecule has 0 saturated heterocycles. The van der Waals surface area contributed by atoms with E-state index in [1.54, 1.807) is 26.1 Å². The molecule has 5 nitrogen and oxygen atoms in total. The molecule has 120 valence electrons. The average Bonchev–Trinajstić information content (AvgIpc) is 2.93. The summed E-state index contributed by atoms with van der Waals surface area (Å²) in [5, 5.41) is 0. The number of amides is 1. The minimum Gasteiger partial charge on any atom is -0.465 e. The Morgan fingerprint density at radius 3 is 2.61 bits per heavy atom. The number of hydrogen-bond donors (Lipinski definition) is 0. The number of nitrogens with zero attached hydrogens (tertiary/aromatic N) is 1. The fourth-order valence-corrected chi connectivity index (χ4v) is 2.10. The van der Waals surface area contributed by atoms with Gasteiger partial charge in [-0.2, -0.15) is 0 Å². The van der Waals surface area contributed by atoms with Gasteiger partial charge in [0.25, 0.3) is 0 Å². The number of aryl methyl sites for hydroxylation is 1. The van der Waals surface area contributed by atoms with Crippen LogP contribution in [0.4, 0.5) is 0 Å². The van der Waals surface area contributed by atoms with Gasteiger partial charge in [-0.05, 0) is 24.6 Å². The third kappa shape index (κ3) is 4.32. The van der Waals surface area contributed by atoms with Gasteiger partial charge in [0.15, 0.2) is 0 Å². The Balaban J connectivity index is 2.01. The van der Waals surface area contributed by atoms with E-state index < -0.39 is 5.97 Å². The maximum Gasteiger partial charge on any atom is 0.341 e. The van der Waals surface area contributed by atoms with Crippen molar-refractivity contribution in [3.8, 4) is 0 Å². The molecule has 0 spiro atoms. The van der Waals surface area contributed by atoms with Crippen LogP contribution in [0, 0.1) is 6.92 Å². The number of furan rings is 1. The molecule has 2 aromatic rings. The molecule has 1 amide bonds. The number of methoxy groups -OCH3 is 1. The molecule has 0 aliphatic carbocycles. The topological polar surface area (TPSA) is 59.8 Å². The number of esters is 1. The Kier molecular flexibility index (Phi) is 5.36. The van der Waals surface area contributed by atoms with E-state index in [9.17, 15) is 9.59 Å². The van der Waals surface area contributed by atoms with Crippen molar-refractivity contribution in [2.75, 3.05) is 14.2 Å². The molecule has 0 aliphatic rings. The van der Waals surface area contributed by atoms with Crippen LogP contribution in [0.5, 0.6) is 0 Å². The number of ether oxygens (including phenoxy) is 1. The van der Waals surface area contributed by atoms with Gasteiger partial charge < -0.3 is 14.1 Å². The first-order valence-corrected chi connectivity index (χ1v) is 7.17. The first-order valence-electron chi connectivity index (χ1n) is 7.17. The number of carbonyl (C=O) groups is 2. The molecule has 0 radical (unpaired) electrons. The van der Waals surface area contributed by atoms with E-state index in [1.165, 1.54) is 18.1 Å². The van der Waals surface area contributed by atoms with E-state index >= 15 is 0 Å². The van der Waals surface area contributed by atoms with Gasteiger partial charge in [0.05, 0.1) is 13.7 Å². The fourth-order valence-electron chi connectivity index (χ4n) is 2.10. The van der Waals surface area contributed by atoms with Crippen LogP contribution in [0.1, 0.15) is 27.4 Å². The second kappa shape index (κ2) is 7.45. The molecule has 0 N–H and O–H groups in total. The molecule has 23 heavy (non-hydrogen) atoms. The zero-order valence-corrected chi connectivity index (χ0v) is 13.4. The molecule has 0 atom stereocenters. The Labute approximate surface area is 135 Å². The van der Waals surface area contributed by atoms with Crippen molar-refractivity contribution in [1.29, 1.82) is 0 Å². The summed E-state index contributed by atoms with van der Waals surface area (Å²) in [4.78, 5) is 25.2. The number of benzene rings is 1. The number of likely N-dealkylation sites (N-methyl/N-ethyl adjacent to an activating group) is 1. The largest absolute Gasteiger partial charge is 0.465 e. The molecular weight excluding hydrogens is 294 g/mol. The number of carbonyl (C=O) groups excluding carboxylic acids is 2. The van der Waals surface area contributed by atoms with Gasteiger partial charge in [0.1, 0.15) is 17.1 Å². The molecule has 0 aliphatic heterocycles. The lowest BCUT2D eigenvalue weighted by molar-refractivity contribution is -0.125. The van der Waals surface area contributed by atoms with Crippen molar-refractivity contribution in [1.82, 2.24) is 4.90 Å². The summed E-state index contributed by atoms with van der Waals surface area (Å²) in [6, 6.07) is 11.2. The highest BCUT2D eigenvalue weighted by Gasteiger charge is 2.17. The highest BCUT2D eigenvalue weighted by Crippen LogP contribution is 2.17. The highest BCUT2D eigenvalue weighted by molar-refractivity contribution is 5.92. The zero-order valence-electron chi connectivity index (χ0n) is 13.4. The van der Waals surface area contributed by atoms with Gasteiger partial charge in [-0.25, -0.2) is 4.79 Å². The molecule has 0 unspecified atom stereocenters. The molecular formula is C18H19NO4. The SMILES string of the molecule is COC(=O)c1cc(CN(C)C(=O)/C=C/c2ccccc2)oc1C. The molecule has 0 saturated carbocycles. The van der Waals surface area contributed by atoms with Gasteiger partial charge in [-0.3, -0.25) is 4.79 Å². The molecule has 0 fully saturated rings. The molecule has 1 aromatic heterocycles. The van der Waals surface area contributed by atoms with Gasteiger partial charge >= 0.3 is 5.97 Å². The van der Waals surface area contributed by atoms with E-state index in [4.69, 9.17) is 4.42 Å². The molecule has 1 heterocycles. The fraction of sp³-hybridized carbons (Fsp3) is 0.222. The lowest BCUT2D eigenvalue weighted by Crippen LogP contribution is -2.23. The van der Waals surface area contributed by atoms with Crippen molar-refractivity contribution in [3.05, 3.63) is 65.1 Å². The minimum atomic E-state index is -0.449. The maximum atomic E-state index is 12.1. The van der Waals surface area contributed by atoms with Crippen LogP contribution in [-0.4, -0.2) is 30.9 Å². The molecule has 1 aromatic carbocycles. The van der Waals surface area contributed by atoms with Crippen molar-refractivity contribution in [2.45, 2.75) is 13.5 Å². The first kappa shape index (κ1) is 16.5. The highest BCUT2D eigenvalue weighted by atomic mass is 16.5. The lowest BCUT2D eigenvalue weighted by Gasteiger charge is -2.12. The van der Waals surface area contributed by atoms with E-state index in [2.05, 4.69) is 4.74 Å². The number of rotatable bonds is 5. The van der Waals surface area contributed by atoms with E-state index in [1.807, 2.05) is 30.3 Å². The van der Waals surface area contributed by atoms with Crippen LogP contribution in [-0.2, 0) is 16.1 Å². The first-order chi connectivity index (χ1) is 11.0. The van der Waals surface area contributed by atoms with Crippen LogP contribution < -0.4 is 0 Å². The van der Waals surface area contributed by atoms with Crippen LogP contribution in [0.3, 0.4) is 0 Å². The monoisotopic (exact) mass is 313 g/mol. The summed E-state index contributed by atoms with van der Waals surface area (Å²) in [6.07, 6.45) is 3.26. The predicted octanol–water partition coefficient (Wildman–Crippen LogP) is 3.05. The quantitative estimate of drug-likeness (QED) is 0.629. The standard InChI is InChI=1S/C18H19NO4/c1-13-16(18(21)22-3)11-15(23-13)12-19(2)17(20)10-9-14-7-5-4-6-8-14/h4-11H,12H2,1-3H3/b10-9+. The van der Waals surface area contributed by atoms with Gasteiger partial charge in [0.2, 0.25) is 5.91 Å². The summed E-state index contributed by atoms with van der Waals surface area (Å²) in [7, 11) is 2.99. The van der Waals surface area contributed by atoms with E-state index in [0.717, 1.165) is 5.56 Å². The molecule has 2 rings (SSSR count). The van der Waals surface area contributed by atoms with E-state index in [-0.39, 0.29) is 12.5 Å². The summed E-state index contributed by atoms with van der Waals surface area (Å²) in [5.74, 6) is 0.414. The van der Waals surface area contributed by atoms with E-state index in [0.29, 0.717) is 17.1 Å². The second-order valence-corrected chi connectivity index (χ2v) is 5.11. The van der Waals surface area contributed by atoms with Crippen LogP contribution >= 0.6 is 0 Å². The predicted molar refractivity (Wildman–Crippen MR) is 86.7 cm³/mol. The summed E-state index contributed by atoms with van der Waals surface area (Å²) < 4.78 is 10.2. The Morgan fingerprint density at radius 1 is 1.26 bits per heavy atom. The van der Waals surface area contributed by atoms with Gasteiger partial charge in [-0.1, -0.05) is 30.3 Å². The van der Waals surface area contributed by atoms with Crippen LogP contribution in [0.2, 0.25) is 0 Å². The smallest absolute Gasteiger partial charge is 0.341 e. The summed E-state index contributed by atoms with van der Waals surface area (Å²) in [5.41, 5.74) is 1.33. The minimum absolute atomic E-state index is 0.150. The zero-order chi connectivity index (χ0) is 16.8. The molecule has 5 heteroatoms. The van der Waals surface area contributed by atoms with Gasteiger partial charge in [0, 0.05) is 13.1 Å². The normalized spacial score (nSPS) is 10.7. The van der Waals surface area contributed by atoms with Crippen molar-refractivity contribution in [2.24, 2.45) is 0 Å². The van der Waals surface area contributed by atoms with Gasteiger partial charge in [-0.15, -0.1) is 0 Å². The third-order valence-corrected chi connectivity index (χ3v) is 3.36. The summed E-state index contributed by atoms with van der Waals surface area (Å²) >= 11 is 0. The Hall–Kier alpha value is -2.82. The van der Waals surface area contributed by atoms with Crippen molar-refractivity contribution >= 4 is 18.0 Å². The Morgan fingerprint density at radius 2 is 1.96 bits per heavy atom. The van der Waals surface area contributed by atoms with Crippen molar-refractivity contribution in [3.63, 3.8) is 0 Å². The van der Waals surface area contributed by atoms with Crippen molar-refractivity contribution < 1.29 is 18.7 Å². The van der Waals surface area contributed by atoms with Crippen LogP contribution in [0.15, 0.2) is 46.9 Å². The number of hydrogen-bond acceptors (Lipinski definition) is 4. The van der Waals surface area contributed by atoms with Crippen LogP contribution in [0.25, 0.3) is 6.08 Å². The lowest BCUT2D eigenvalue weighted by atomic mass is 10.2. The molecule has 0 bridgehead atoms. The Bertz CT molecular complexity index is 716. The third-order valence-electron chi connectivity index (χ3n) is 3.36. The summed E-state index contributed by atoms with van der Waals surface area (Å²) in [6.45, 7) is 1.96. The average molecular weight is 313 g/mol. The maximum absolute atomic E-state index is 12.1.